The number of ketones is 1. The van der Waals surface area contributed by atoms with Crippen molar-refractivity contribution in [2.75, 3.05) is 0 Å². The fraction of sp³-hybridized carbons (Fsp3) is 0.870. The van der Waals surface area contributed by atoms with Gasteiger partial charge in [-0.3, -0.25) is 0 Å². The summed E-state index contributed by atoms with van der Waals surface area (Å²) >= 11 is 0. The first-order chi connectivity index (χ1) is 11.4. The number of carbonyl (C=O) groups excluding carboxylic acids is 1. The Morgan fingerprint density at radius 1 is 0.750 bits per heavy atom. The summed E-state index contributed by atoms with van der Waals surface area (Å²) in [4.78, 5) is 9.44. The molecule has 0 saturated carbocycles. The molecule has 0 aliphatic heterocycles. The van der Waals surface area contributed by atoms with Crippen LogP contribution in [0, 0.1) is 24.2 Å². The molecule has 0 spiro atoms. The van der Waals surface area contributed by atoms with E-state index in [1.807, 2.05) is 0 Å². The topological polar surface area (TPSA) is 17.1 Å². The van der Waals surface area contributed by atoms with Gasteiger partial charge in [0.2, 0.25) is 0 Å². The van der Waals surface area contributed by atoms with E-state index in [0.717, 1.165) is 18.3 Å². The minimum atomic E-state index is 0.167. The highest BCUT2D eigenvalue weighted by Gasteiger charge is 2.05. The number of hydrogen-bond acceptors (Lipinski definition) is 1. The molecule has 0 amide bonds. The molecular formula is C23H44O. The van der Waals surface area contributed by atoms with E-state index in [1.165, 1.54) is 90.9 Å². The van der Waals surface area contributed by atoms with Gasteiger partial charge in [-0.2, -0.15) is 0 Å². The van der Waals surface area contributed by atoms with E-state index in [4.69, 9.17) is 6.42 Å². The molecule has 0 saturated heterocycles. The van der Waals surface area contributed by atoms with E-state index < -0.39 is 0 Å². The van der Waals surface area contributed by atoms with E-state index in [0.29, 0.717) is 0 Å². The highest BCUT2D eigenvalue weighted by Crippen LogP contribution is 2.18. The second-order valence-electron chi connectivity index (χ2n) is 7.76. The molecule has 0 heterocycles. The predicted octanol–water partition coefficient (Wildman–Crippen LogP) is 7.58. The first kappa shape index (κ1) is 25.5. The summed E-state index contributed by atoms with van der Waals surface area (Å²) in [5.74, 6) is 4.65. The zero-order valence-electron chi connectivity index (χ0n) is 17.3. The second-order valence-corrected chi connectivity index (χ2v) is 7.76. The second kappa shape index (κ2) is 20.3. The molecule has 1 atom stereocenters. The Balaban J connectivity index is 0. The maximum atomic E-state index is 9.44. The Morgan fingerprint density at radius 3 is 1.42 bits per heavy atom. The largest absolute Gasteiger partial charge is 0.300 e. The first-order valence-electron chi connectivity index (χ1n) is 10.3. The van der Waals surface area contributed by atoms with Gasteiger partial charge in [0.25, 0.3) is 0 Å². The minimum Gasteiger partial charge on any atom is -0.300 e. The van der Waals surface area contributed by atoms with Crippen molar-refractivity contribution in [3.63, 3.8) is 0 Å². The molecule has 0 rings (SSSR count). The Bertz CT molecular complexity index is 294. The third-order valence-corrected chi connectivity index (χ3v) is 4.62. The lowest BCUT2D eigenvalue weighted by Gasteiger charge is -2.14. The average Bonchev–Trinajstić information content (AvgIpc) is 2.51. The molecule has 0 aromatic rings. The van der Waals surface area contributed by atoms with Crippen molar-refractivity contribution in [1.82, 2.24) is 0 Å². The van der Waals surface area contributed by atoms with Crippen LogP contribution in [0.2, 0.25) is 0 Å². The van der Waals surface area contributed by atoms with E-state index >= 15 is 0 Å². The van der Waals surface area contributed by atoms with Crippen LogP contribution in [0.4, 0.5) is 0 Å². The fourth-order valence-electron chi connectivity index (χ4n) is 2.62. The molecule has 0 aliphatic carbocycles. The van der Waals surface area contributed by atoms with Gasteiger partial charge in [0.1, 0.15) is 5.78 Å². The molecular weight excluding hydrogens is 292 g/mol. The van der Waals surface area contributed by atoms with Crippen molar-refractivity contribution in [2.45, 2.75) is 118 Å². The van der Waals surface area contributed by atoms with Crippen LogP contribution in [0.1, 0.15) is 118 Å². The summed E-state index contributed by atoms with van der Waals surface area (Å²) in [5, 5.41) is 0. The van der Waals surface area contributed by atoms with Gasteiger partial charge in [-0.1, -0.05) is 91.4 Å². The van der Waals surface area contributed by atoms with Crippen LogP contribution in [0.15, 0.2) is 0 Å². The van der Waals surface area contributed by atoms with Crippen molar-refractivity contribution >= 4 is 5.78 Å². The van der Waals surface area contributed by atoms with Crippen LogP contribution < -0.4 is 0 Å². The van der Waals surface area contributed by atoms with Crippen molar-refractivity contribution in [1.29, 1.82) is 0 Å². The predicted molar refractivity (Wildman–Crippen MR) is 109 cm³/mol. The van der Waals surface area contributed by atoms with Crippen LogP contribution in [-0.2, 0) is 4.79 Å². The van der Waals surface area contributed by atoms with Gasteiger partial charge in [0.15, 0.2) is 0 Å². The number of hydrogen-bond donors (Lipinski definition) is 0. The number of unbranched alkanes of at least 4 members (excludes halogenated alkanes) is 11. The standard InChI is InChI=1S/C20H38.C3H6O/c1-5-6-7-8-9-10-11-12-13-14-15-16-17-18-20(4)19(2)3;1-3(2)4/h1,19-20H,6-18H2,2-4H3;1-2H3. The van der Waals surface area contributed by atoms with Crippen LogP contribution in [0.3, 0.4) is 0 Å². The van der Waals surface area contributed by atoms with Gasteiger partial charge < -0.3 is 4.79 Å². The van der Waals surface area contributed by atoms with Crippen molar-refractivity contribution in [3.8, 4) is 12.3 Å². The summed E-state index contributed by atoms with van der Waals surface area (Å²) in [5.41, 5.74) is 0. The molecule has 24 heavy (non-hydrogen) atoms. The van der Waals surface area contributed by atoms with Gasteiger partial charge in [-0.25, -0.2) is 0 Å². The van der Waals surface area contributed by atoms with Crippen LogP contribution in [0.5, 0.6) is 0 Å². The summed E-state index contributed by atoms with van der Waals surface area (Å²) in [6, 6.07) is 0. The summed E-state index contributed by atoms with van der Waals surface area (Å²) < 4.78 is 0. The summed E-state index contributed by atoms with van der Waals surface area (Å²) in [6.45, 7) is 10.1. The minimum absolute atomic E-state index is 0.167. The zero-order valence-corrected chi connectivity index (χ0v) is 17.3. The monoisotopic (exact) mass is 336 g/mol. The number of Topliss-reactive ketones (excluding diaryl/α,β-unsaturated/α-hetero) is 1. The Hall–Kier alpha value is -0.770. The normalized spacial score (nSPS) is 11.5. The average molecular weight is 337 g/mol. The molecule has 0 radical (unpaired) electrons. The maximum absolute atomic E-state index is 9.44. The highest BCUT2D eigenvalue weighted by atomic mass is 16.1. The van der Waals surface area contributed by atoms with Crippen LogP contribution in [-0.4, -0.2) is 5.78 Å². The molecule has 1 heteroatoms. The van der Waals surface area contributed by atoms with E-state index in [1.54, 1.807) is 0 Å². The molecule has 0 aromatic heterocycles. The van der Waals surface area contributed by atoms with Gasteiger partial charge >= 0.3 is 0 Å². The van der Waals surface area contributed by atoms with Gasteiger partial charge in [-0.15, -0.1) is 12.3 Å². The van der Waals surface area contributed by atoms with E-state index in [9.17, 15) is 4.79 Å². The molecule has 1 nitrogen and oxygen atoms in total. The summed E-state index contributed by atoms with van der Waals surface area (Å²) in [7, 11) is 0. The van der Waals surface area contributed by atoms with Gasteiger partial charge in [-0.05, 0) is 32.1 Å². The van der Waals surface area contributed by atoms with Crippen LogP contribution >= 0.6 is 0 Å². The molecule has 1 unspecified atom stereocenters. The van der Waals surface area contributed by atoms with Crippen LogP contribution in [0.25, 0.3) is 0 Å². The van der Waals surface area contributed by atoms with Crippen molar-refractivity contribution < 1.29 is 4.79 Å². The molecule has 142 valence electrons. The SMILES string of the molecule is C#CCCCCCCCCCCCCCC(C)C(C)C.CC(C)=O. The molecule has 0 bridgehead atoms. The number of terminal acetylenes is 1. The summed E-state index contributed by atoms with van der Waals surface area (Å²) in [6.07, 6.45) is 23.1. The third kappa shape index (κ3) is 26.1. The van der Waals surface area contributed by atoms with Crippen molar-refractivity contribution in [2.24, 2.45) is 11.8 Å². The van der Waals surface area contributed by atoms with E-state index in [2.05, 4.69) is 26.7 Å². The first-order valence-corrected chi connectivity index (χ1v) is 10.3. The van der Waals surface area contributed by atoms with Gasteiger partial charge in [0.05, 0.1) is 0 Å². The Kier molecular flexibility index (Phi) is 21.5. The highest BCUT2D eigenvalue weighted by molar-refractivity contribution is 5.72. The molecule has 0 aliphatic rings. The number of rotatable bonds is 14. The number of carbonyl (C=O) groups is 1. The maximum Gasteiger partial charge on any atom is 0.126 e. The quantitative estimate of drug-likeness (QED) is 0.236. The van der Waals surface area contributed by atoms with E-state index in [-0.39, 0.29) is 5.78 Å². The fourth-order valence-corrected chi connectivity index (χ4v) is 2.62. The molecule has 0 aromatic carbocycles. The zero-order chi connectivity index (χ0) is 18.6. The smallest absolute Gasteiger partial charge is 0.126 e. The Morgan fingerprint density at radius 2 is 1.08 bits per heavy atom. The van der Waals surface area contributed by atoms with Gasteiger partial charge in [0, 0.05) is 6.42 Å². The third-order valence-electron chi connectivity index (χ3n) is 4.62. The molecule has 0 N–H and O–H groups in total. The lowest BCUT2D eigenvalue weighted by Crippen LogP contribution is -2.03. The lowest BCUT2D eigenvalue weighted by atomic mass is 9.92. The Labute approximate surface area is 153 Å². The molecule has 0 fully saturated rings. The lowest BCUT2D eigenvalue weighted by molar-refractivity contribution is -0.114. The van der Waals surface area contributed by atoms with Crippen molar-refractivity contribution in [3.05, 3.63) is 0 Å².